The van der Waals surface area contributed by atoms with Gasteiger partial charge in [0.25, 0.3) is 11.8 Å². The summed E-state index contributed by atoms with van der Waals surface area (Å²) in [6, 6.07) is 7.85. The topological polar surface area (TPSA) is 66.0 Å². The second-order valence-corrected chi connectivity index (χ2v) is 8.82. The summed E-state index contributed by atoms with van der Waals surface area (Å²) in [5.41, 5.74) is 3.45. The maximum Gasteiger partial charge on any atom is 0.255 e. The lowest BCUT2D eigenvalue weighted by molar-refractivity contribution is 0.0722. The van der Waals surface area contributed by atoms with Crippen molar-refractivity contribution in [2.45, 2.75) is 45.6 Å². The van der Waals surface area contributed by atoms with E-state index in [9.17, 15) is 9.59 Å². The van der Waals surface area contributed by atoms with Crippen LogP contribution >= 0.6 is 0 Å². The fourth-order valence-corrected chi connectivity index (χ4v) is 4.81. The molecule has 0 unspecified atom stereocenters. The van der Waals surface area contributed by atoms with Crippen LogP contribution < -0.4 is 9.64 Å². The van der Waals surface area contributed by atoms with E-state index in [1.807, 2.05) is 28.0 Å². The summed E-state index contributed by atoms with van der Waals surface area (Å²) < 4.78 is 5.89. The lowest BCUT2D eigenvalue weighted by atomic mass is 10.1. The standard InChI is InChI=1S/C25H30N4O3/c1-2-3-9-28-17-19-14-20(7-8-21(19)25(28)31)29-12-13-32-22-15-18(16-26-23(22)29)24(30)27-10-5-4-6-11-27/h7-8,14-16H,2-6,9-13,17H2,1H3. The second-order valence-electron chi connectivity index (χ2n) is 8.82. The number of ether oxygens (including phenoxy) is 1. The van der Waals surface area contributed by atoms with E-state index < -0.39 is 0 Å². The van der Waals surface area contributed by atoms with Crippen molar-refractivity contribution >= 4 is 23.3 Å². The predicted molar refractivity (Wildman–Crippen MR) is 123 cm³/mol. The van der Waals surface area contributed by atoms with Crippen LogP contribution in [0.5, 0.6) is 5.75 Å². The Morgan fingerprint density at radius 3 is 2.78 bits per heavy atom. The van der Waals surface area contributed by atoms with Gasteiger partial charge in [0.2, 0.25) is 0 Å². The van der Waals surface area contributed by atoms with E-state index in [4.69, 9.17) is 4.74 Å². The maximum absolute atomic E-state index is 12.9. The van der Waals surface area contributed by atoms with Gasteiger partial charge in [-0.15, -0.1) is 0 Å². The van der Waals surface area contributed by atoms with E-state index >= 15 is 0 Å². The van der Waals surface area contributed by atoms with Gasteiger partial charge in [0.05, 0.1) is 12.1 Å². The van der Waals surface area contributed by atoms with Gasteiger partial charge in [0.1, 0.15) is 6.61 Å². The number of nitrogens with zero attached hydrogens (tertiary/aromatic N) is 4. The summed E-state index contributed by atoms with van der Waals surface area (Å²) in [5, 5.41) is 0. The number of pyridine rings is 1. The van der Waals surface area contributed by atoms with Crippen LogP contribution in [0, 0.1) is 0 Å². The van der Waals surface area contributed by atoms with Gasteiger partial charge < -0.3 is 19.4 Å². The summed E-state index contributed by atoms with van der Waals surface area (Å²) in [5.74, 6) is 1.52. The lowest BCUT2D eigenvalue weighted by Crippen LogP contribution is -2.36. The van der Waals surface area contributed by atoms with Crippen molar-refractivity contribution in [3.63, 3.8) is 0 Å². The first-order valence-electron chi connectivity index (χ1n) is 11.8. The molecule has 0 bridgehead atoms. The van der Waals surface area contributed by atoms with Crippen LogP contribution in [-0.4, -0.2) is 59.4 Å². The van der Waals surface area contributed by atoms with Crippen LogP contribution in [0.1, 0.15) is 65.3 Å². The number of hydrogen-bond donors (Lipinski definition) is 0. The molecule has 32 heavy (non-hydrogen) atoms. The predicted octanol–water partition coefficient (Wildman–Crippen LogP) is 3.99. The Labute approximate surface area is 189 Å². The van der Waals surface area contributed by atoms with Crippen molar-refractivity contribution in [2.24, 2.45) is 0 Å². The molecule has 1 saturated heterocycles. The van der Waals surface area contributed by atoms with Crippen LogP contribution in [0.4, 0.5) is 11.5 Å². The van der Waals surface area contributed by atoms with Crippen molar-refractivity contribution in [1.29, 1.82) is 0 Å². The number of hydrogen-bond acceptors (Lipinski definition) is 5. The highest BCUT2D eigenvalue weighted by molar-refractivity contribution is 5.99. The number of carbonyl (C=O) groups is 2. The van der Waals surface area contributed by atoms with E-state index in [1.165, 1.54) is 6.42 Å². The zero-order valence-electron chi connectivity index (χ0n) is 18.7. The molecule has 7 nitrogen and oxygen atoms in total. The largest absolute Gasteiger partial charge is 0.488 e. The minimum absolute atomic E-state index is 0.0314. The van der Waals surface area contributed by atoms with Gasteiger partial charge in [-0.1, -0.05) is 13.3 Å². The number of benzene rings is 1. The smallest absolute Gasteiger partial charge is 0.255 e. The molecule has 0 radical (unpaired) electrons. The Kier molecular flexibility index (Phi) is 5.72. The Morgan fingerprint density at radius 1 is 1.12 bits per heavy atom. The molecule has 3 aliphatic heterocycles. The second kappa shape index (κ2) is 8.81. The Balaban J connectivity index is 1.38. The molecule has 2 amide bonds. The SMILES string of the molecule is CCCCN1Cc2cc(N3CCOc4cc(C(=O)N5CCCCC5)cnc43)ccc2C1=O. The average Bonchev–Trinajstić information content (AvgIpc) is 3.16. The molecule has 0 aliphatic carbocycles. The summed E-state index contributed by atoms with van der Waals surface area (Å²) in [6.45, 7) is 6.42. The highest BCUT2D eigenvalue weighted by Gasteiger charge is 2.29. The first kappa shape index (κ1) is 20.8. The zero-order valence-corrected chi connectivity index (χ0v) is 18.7. The average molecular weight is 435 g/mol. The lowest BCUT2D eigenvalue weighted by Gasteiger charge is -2.31. The maximum atomic E-state index is 12.9. The van der Waals surface area contributed by atoms with Crippen molar-refractivity contribution in [2.75, 3.05) is 37.7 Å². The molecule has 168 valence electrons. The van der Waals surface area contributed by atoms with Gasteiger partial charge in [-0.2, -0.15) is 0 Å². The van der Waals surface area contributed by atoms with Gasteiger partial charge in [0.15, 0.2) is 11.6 Å². The Bertz CT molecular complexity index is 1030. The third kappa shape index (κ3) is 3.80. The first-order chi connectivity index (χ1) is 15.7. The van der Waals surface area contributed by atoms with E-state index in [-0.39, 0.29) is 11.8 Å². The van der Waals surface area contributed by atoms with Gasteiger partial charge in [-0.05, 0) is 55.5 Å². The molecule has 0 atom stereocenters. The highest BCUT2D eigenvalue weighted by Crippen LogP contribution is 2.37. The van der Waals surface area contributed by atoms with Gasteiger partial charge >= 0.3 is 0 Å². The monoisotopic (exact) mass is 434 g/mol. The van der Waals surface area contributed by atoms with Crippen molar-refractivity contribution in [3.8, 4) is 5.75 Å². The molecule has 5 rings (SSSR count). The van der Waals surface area contributed by atoms with Crippen LogP contribution in [0.3, 0.4) is 0 Å². The molecular formula is C25H30N4O3. The molecule has 0 N–H and O–H groups in total. The number of likely N-dealkylation sites (tertiary alicyclic amines) is 1. The summed E-state index contributed by atoms with van der Waals surface area (Å²) in [6.07, 6.45) is 7.07. The molecule has 0 spiro atoms. The zero-order chi connectivity index (χ0) is 22.1. The molecular weight excluding hydrogens is 404 g/mol. The van der Waals surface area contributed by atoms with E-state index in [0.717, 1.165) is 67.9 Å². The number of amides is 2. The van der Waals surface area contributed by atoms with Gasteiger partial charge in [-0.3, -0.25) is 9.59 Å². The normalized spacial score (nSPS) is 17.8. The van der Waals surface area contributed by atoms with Crippen LogP contribution in [-0.2, 0) is 6.54 Å². The van der Waals surface area contributed by atoms with E-state index in [1.54, 1.807) is 6.20 Å². The molecule has 1 fully saturated rings. The number of unbranched alkanes of at least 4 members (excludes halogenated alkanes) is 1. The first-order valence-corrected chi connectivity index (χ1v) is 11.8. The van der Waals surface area contributed by atoms with Crippen LogP contribution in [0.2, 0.25) is 0 Å². The number of carbonyl (C=O) groups excluding carboxylic acids is 2. The third-order valence-electron chi connectivity index (χ3n) is 6.61. The van der Waals surface area contributed by atoms with E-state index in [0.29, 0.717) is 31.0 Å². The van der Waals surface area contributed by atoms with Crippen LogP contribution in [0.25, 0.3) is 0 Å². The quantitative estimate of drug-likeness (QED) is 0.712. The third-order valence-corrected chi connectivity index (χ3v) is 6.61. The highest BCUT2D eigenvalue weighted by atomic mass is 16.5. The number of rotatable bonds is 5. The summed E-state index contributed by atoms with van der Waals surface area (Å²) in [7, 11) is 0. The molecule has 1 aromatic carbocycles. The molecule has 1 aromatic heterocycles. The Hall–Kier alpha value is -3.09. The minimum Gasteiger partial charge on any atom is -0.488 e. The van der Waals surface area contributed by atoms with Crippen molar-refractivity contribution in [3.05, 3.63) is 47.2 Å². The van der Waals surface area contributed by atoms with Gasteiger partial charge in [0, 0.05) is 43.6 Å². The molecule has 3 aliphatic rings. The molecule has 7 heteroatoms. The molecule has 0 saturated carbocycles. The number of aromatic nitrogens is 1. The van der Waals surface area contributed by atoms with E-state index in [2.05, 4.69) is 22.9 Å². The Morgan fingerprint density at radius 2 is 1.97 bits per heavy atom. The molecule has 4 heterocycles. The van der Waals surface area contributed by atoms with Crippen LogP contribution in [0.15, 0.2) is 30.5 Å². The number of fused-ring (bicyclic) bond motifs is 2. The minimum atomic E-state index is 0.0314. The van der Waals surface area contributed by atoms with Crippen molar-refractivity contribution < 1.29 is 14.3 Å². The summed E-state index contributed by atoms with van der Waals surface area (Å²) >= 11 is 0. The summed E-state index contributed by atoms with van der Waals surface area (Å²) in [4.78, 5) is 36.1. The number of piperidine rings is 1. The van der Waals surface area contributed by atoms with Gasteiger partial charge in [-0.25, -0.2) is 4.98 Å². The fourth-order valence-electron chi connectivity index (χ4n) is 4.81. The molecule has 2 aromatic rings. The van der Waals surface area contributed by atoms with Crippen molar-refractivity contribution in [1.82, 2.24) is 14.8 Å². The fraction of sp³-hybridized carbons (Fsp3) is 0.480. The number of anilines is 2.